The molecule has 2 aromatic heterocycles. The zero-order valence-corrected chi connectivity index (χ0v) is 39.8. The van der Waals surface area contributed by atoms with E-state index in [9.17, 15) is 0 Å². The van der Waals surface area contributed by atoms with E-state index in [0.717, 1.165) is 56.6 Å². The Morgan fingerprint density at radius 1 is 0.338 bits per heavy atom. The van der Waals surface area contributed by atoms with Gasteiger partial charge in [-0.05, 0) is 155 Å². The molecule has 0 saturated carbocycles. The molecule has 0 saturated heterocycles. The molecule has 338 valence electrons. The summed E-state index contributed by atoms with van der Waals surface area (Å²) in [5.41, 5.74) is 20.7. The molecule has 71 heavy (non-hydrogen) atoms. The van der Waals surface area contributed by atoms with Crippen molar-refractivity contribution >= 4 is 89.9 Å². The lowest BCUT2D eigenvalue weighted by molar-refractivity contribution is 0.660. The summed E-state index contributed by atoms with van der Waals surface area (Å²) in [4.78, 5) is 4.82. The first-order valence-corrected chi connectivity index (χ1v) is 24.4. The molecule has 0 aliphatic heterocycles. The lowest BCUT2D eigenvalue weighted by atomic mass is 9.82. The molecule has 0 atom stereocenters. The standard InChI is InChI=1S/C67H50N4/c1-5-45-25-29-49(30-26-45)70-63-23-15-13-21-57(63)59-41-51(35-39-65(59)70)68(47-17-9-7-10-18-47)53-33-37-55-56-38-34-54(44-62(56)67(3,4)61(55)43-53)69(48-19-11-8-12-20-48)52-36-40-66-60(42-52)58-22-14-16-24-64(58)71(66)50-31-27-46(6-2)28-32-50/h5-44H,1-2H2,3-4H3. The first-order chi connectivity index (χ1) is 34.9. The largest absolute Gasteiger partial charge is 0.310 e. The fraction of sp³-hybridized carbons (Fsp3) is 0.0448. The summed E-state index contributed by atoms with van der Waals surface area (Å²) >= 11 is 0. The third-order valence-corrected chi connectivity index (χ3v) is 14.8. The van der Waals surface area contributed by atoms with Crippen LogP contribution in [0.5, 0.6) is 0 Å². The van der Waals surface area contributed by atoms with Crippen LogP contribution in [0.1, 0.15) is 36.1 Å². The average molecular weight is 911 g/mol. The Bertz CT molecular complexity index is 3780. The molecule has 13 rings (SSSR count). The number of hydrogen-bond donors (Lipinski definition) is 0. The van der Waals surface area contributed by atoms with Gasteiger partial charge in [-0.3, -0.25) is 0 Å². The molecule has 0 N–H and O–H groups in total. The maximum atomic E-state index is 3.98. The molecule has 4 nitrogen and oxygen atoms in total. The number of aromatic nitrogens is 2. The minimum atomic E-state index is -0.293. The number of rotatable bonds is 10. The molecule has 1 aliphatic rings. The third-order valence-electron chi connectivity index (χ3n) is 14.8. The summed E-state index contributed by atoms with van der Waals surface area (Å²) in [6.45, 7) is 12.7. The van der Waals surface area contributed by atoms with Crippen molar-refractivity contribution in [2.24, 2.45) is 0 Å². The maximum Gasteiger partial charge on any atom is 0.0542 e. The minimum absolute atomic E-state index is 0.293. The SMILES string of the molecule is C=Cc1ccc(-n2c3ccccc3c3cc(N(c4ccccc4)c4ccc5c(c4)C(C)(C)c4cc(N(c6ccccc6)c6ccc7c(c6)c6ccccc6n7-c6ccc(C=C)cc6)ccc4-5)ccc32)cc1. The van der Waals surface area contributed by atoms with Gasteiger partial charge in [-0.2, -0.15) is 0 Å². The molecule has 1 aliphatic carbocycles. The van der Waals surface area contributed by atoms with E-state index in [1.54, 1.807) is 0 Å². The van der Waals surface area contributed by atoms with Crippen LogP contribution in [-0.4, -0.2) is 9.13 Å². The predicted octanol–water partition coefficient (Wildman–Crippen LogP) is 18.4. The van der Waals surface area contributed by atoms with Gasteiger partial charge >= 0.3 is 0 Å². The number of nitrogens with zero attached hydrogens (tertiary/aromatic N) is 4. The smallest absolute Gasteiger partial charge is 0.0542 e. The van der Waals surface area contributed by atoms with Gasteiger partial charge in [0.2, 0.25) is 0 Å². The molecule has 10 aromatic carbocycles. The van der Waals surface area contributed by atoms with Gasteiger partial charge in [0.05, 0.1) is 22.1 Å². The van der Waals surface area contributed by atoms with E-state index in [2.05, 4.69) is 276 Å². The highest BCUT2D eigenvalue weighted by Crippen LogP contribution is 2.53. The van der Waals surface area contributed by atoms with Crippen LogP contribution < -0.4 is 9.80 Å². The molecule has 0 fully saturated rings. The van der Waals surface area contributed by atoms with Crippen LogP contribution in [-0.2, 0) is 5.41 Å². The summed E-state index contributed by atoms with van der Waals surface area (Å²) in [6, 6.07) is 84.3. The Balaban J connectivity index is 0.913. The van der Waals surface area contributed by atoms with Crippen LogP contribution in [0, 0.1) is 0 Å². The monoisotopic (exact) mass is 910 g/mol. The fourth-order valence-electron chi connectivity index (χ4n) is 11.3. The summed E-state index contributed by atoms with van der Waals surface area (Å²) < 4.78 is 4.75. The molecule has 0 spiro atoms. The Kier molecular flexibility index (Phi) is 9.79. The second-order valence-electron chi connectivity index (χ2n) is 19.1. The van der Waals surface area contributed by atoms with Crippen LogP contribution in [0.4, 0.5) is 34.1 Å². The summed E-state index contributed by atoms with van der Waals surface area (Å²) in [6.07, 6.45) is 3.79. The van der Waals surface area contributed by atoms with E-state index in [1.165, 1.54) is 65.9 Å². The van der Waals surface area contributed by atoms with Crippen LogP contribution in [0.3, 0.4) is 0 Å². The van der Waals surface area contributed by atoms with Crippen LogP contribution >= 0.6 is 0 Å². The van der Waals surface area contributed by atoms with Gasteiger partial charge in [0.25, 0.3) is 0 Å². The van der Waals surface area contributed by atoms with E-state index in [0.29, 0.717) is 0 Å². The van der Waals surface area contributed by atoms with Gasteiger partial charge in [0.15, 0.2) is 0 Å². The maximum absolute atomic E-state index is 3.98. The second-order valence-corrected chi connectivity index (χ2v) is 19.1. The molecule has 0 amide bonds. The number of anilines is 6. The first kappa shape index (κ1) is 42.0. The topological polar surface area (TPSA) is 16.3 Å². The van der Waals surface area contributed by atoms with Gasteiger partial charge in [0.1, 0.15) is 0 Å². The summed E-state index contributed by atoms with van der Waals surface area (Å²) in [5.74, 6) is 0. The van der Waals surface area contributed by atoms with E-state index < -0.39 is 0 Å². The van der Waals surface area contributed by atoms with Crippen molar-refractivity contribution in [2.75, 3.05) is 9.80 Å². The third kappa shape index (κ3) is 6.75. The molecule has 12 aromatic rings. The summed E-state index contributed by atoms with van der Waals surface area (Å²) in [7, 11) is 0. The van der Waals surface area contributed by atoms with Crippen molar-refractivity contribution in [3.8, 4) is 22.5 Å². The number of hydrogen-bond acceptors (Lipinski definition) is 2. The lowest BCUT2D eigenvalue weighted by Gasteiger charge is -2.29. The average Bonchev–Trinajstić information content (AvgIpc) is 4.01. The molecule has 0 unspecified atom stereocenters. The Hall–Kier alpha value is -9.12. The minimum Gasteiger partial charge on any atom is -0.310 e. The number of benzene rings is 10. The van der Waals surface area contributed by atoms with Crippen molar-refractivity contribution in [1.29, 1.82) is 0 Å². The number of para-hydroxylation sites is 4. The zero-order chi connectivity index (χ0) is 47.8. The quantitative estimate of drug-likeness (QED) is 0.136. The Morgan fingerprint density at radius 3 is 1.10 bits per heavy atom. The molecule has 0 bridgehead atoms. The van der Waals surface area contributed by atoms with E-state index >= 15 is 0 Å². The van der Waals surface area contributed by atoms with Crippen molar-refractivity contribution in [3.05, 3.63) is 266 Å². The highest BCUT2D eigenvalue weighted by Gasteiger charge is 2.37. The Morgan fingerprint density at radius 2 is 0.690 bits per heavy atom. The molecule has 0 radical (unpaired) electrons. The fourth-order valence-corrected chi connectivity index (χ4v) is 11.3. The van der Waals surface area contributed by atoms with E-state index in [4.69, 9.17) is 0 Å². The van der Waals surface area contributed by atoms with Crippen molar-refractivity contribution in [3.63, 3.8) is 0 Å². The van der Waals surface area contributed by atoms with Gasteiger partial charge in [-0.25, -0.2) is 0 Å². The normalized spacial score (nSPS) is 12.6. The molecule has 4 heteroatoms. The zero-order valence-electron chi connectivity index (χ0n) is 39.8. The van der Waals surface area contributed by atoms with Crippen molar-refractivity contribution < 1.29 is 0 Å². The molecule has 2 heterocycles. The highest BCUT2D eigenvalue weighted by molar-refractivity contribution is 6.12. The molecular weight excluding hydrogens is 861 g/mol. The first-order valence-electron chi connectivity index (χ1n) is 24.4. The van der Waals surface area contributed by atoms with Gasteiger partial charge in [-0.1, -0.05) is 148 Å². The highest BCUT2D eigenvalue weighted by atomic mass is 15.2. The van der Waals surface area contributed by atoms with Crippen LogP contribution in [0.2, 0.25) is 0 Å². The summed E-state index contributed by atoms with van der Waals surface area (Å²) in [5, 5.41) is 4.86. The number of fused-ring (bicyclic) bond motifs is 9. The van der Waals surface area contributed by atoms with E-state index in [1.807, 2.05) is 12.2 Å². The van der Waals surface area contributed by atoms with Crippen molar-refractivity contribution in [2.45, 2.75) is 19.3 Å². The van der Waals surface area contributed by atoms with Crippen LogP contribution in [0.15, 0.2) is 244 Å². The lowest BCUT2D eigenvalue weighted by Crippen LogP contribution is -2.17. The second kappa shape index (κ2) is 16.5. The predicted molar refractivity (Wildman–Crippen MR) is 302 cm³/mol. The van der Waals surface area contributed by atoms with Gasteiger partial charge < -0.3 is 18.9 Å². The van der Waals surface area contributed by atoms with Crippen molar-refractivity contribution in [1.82, 2.24) is 9.13 Å². The van der Waals surface area contributed by atoms with Crippen LogP contribution in [0.25, 0.3) is 78.3 Å². The van der Waals surface area contributed by atoms with E-state index in [-0.39, 0.29) is 5.41 Å². The Labute approximate surface area is 414 Å². The van der Waals surface area contributed by atoms with Gasteiger partial charge in [-0.15, -0.1) is 0 Å². The van der Waals surface area contributed by atoms with Gasteiger partial charge in [0, 0.05) is 72.5 Å². The molecular formula is C67H50N4.